The van der Waals surface area contributed by atoms with Gasteiger partial charge in [-0.1, -0.05) is 12.1 Å². The lowest BCUT2D eigenvalue weighted by Gasteiger charge is -2.16. The Hall–Kier alpha value is -3.20. The van der Waals surface area contributed by atoms with Crippen molar-refractivity contribution >= 4 is 11.6 Å². The zero-order valence-corrected chi connectivity index (χ0v) is 17.3. The fourth-order valence-electron chi connectivity index (χ4n) is 2.62. The predicted octanol–water partition coefficient (Wildman–Crippen LogP) is 4.49. The maximum absolute atomic E-state index is 13.1. The second-order valence-electron chi connectivity index (χ2n) is 6.36. The molecule has 31 heavy (non-hydrogen) atoms. The van der Waals surface area contributed by atoms with E-state index in [4.69, 9.17) is 18.9 Å². The van der Waals surface area contributed by atoms with E-state index in [9.17, 15) is 18.0 Å². The van der Waals surface area contributed by atoms with Crippen molar-refractivity contribution in [1.29, 1.82) is 0 Å². The standard InChI is InChI=1S/C22H24F3NO5/c1-4-5-15-6-8-19(20(12-15)29-3)31-14-21(27)26-17-13-16(22(23,24)25)7-9-18(17)30-11-10-28-2/h4,6-9,12-13H,1,5,10-11,14H2,2-3H3,(H,26,27). The van der Waals surface area contributed by atoms with E-state index in [0.717, 1.165) is 23.8 Å². The van der Waals surface area contributed by atoms with Crippen molar-refractivity contribution in [2.45, 2.75) is 12.6 Å². The molecule has 168 valence electrons. The van der Waals surface area contributed by atoms with E-state index in [2.05, 4.69) is 11.9 Å². The minimum absolute atomic E-state index is 0.0877. The maximum atomic E-state index is 13.1. The molecule has 0 aliphatic carbocycles. The van der Waals surface area contributed by atoms with Crippen LogP contribution in [-0.4, -0.2) is 39.9 Å². The normalized spacial score (nSPS) is 11.0. The highest BCUT2D eigenvalue weighted by atomic mass is 19.4. The Balaban J connectivity index is 2.12. The Morgan fingerprint density at radius 3 is 2.42 bits per heavy atom. The monoisotopic (exact) mass is 439 g/mol. The Morgan fingerprint density at radius 1 is 1.03 bits per heavy atom. The van der Waals surface area contributed by atoms with E-state index >= 15 is 0 Å². The van der Waals surface area contributed by atoms with Gasteiger partial charge in [-0.25, -0.2) is 0 Å². The molecule has 6 nitrogen and oxygen atoms in total. The number of anilines is 1. The molecule has 0 atom stereocenters. The molecule has 0 spiro atoms. The van der Waals surface area contributed by atoms with Gasteiger partial charge in [-0.3, -0.25) is 4.79 Å². The Bertz CT molecular complexity index is 899. The summed E-state index contributed by atoms with van der Waals surface area (Å²) in [5.41, 5.74) is -0.0828. The SMILES string of the molecule is C=CCc1ccc(OCC(=O)Nc2cc(C(F)(F)F)ccc2OCCOC)c(OC)c1. The van der Waals surface area contributed by atoms with Crippen molar-refractivity contribution in [2.75, 3.05) is 39.4 Å². The molecule has 0 saturated carbocycles. The molecule has 2 aromatic carbocycles. The number of rotatable bonds is 11. The number of benzene rings is 2. The molecule has 0 aliphatic heterocycles. The Morgan fingerprint density at radius 2 is 1.77 bits per heavy atom. The largest absolute Gasteiger partial charge is 0.493 e. The lowest BCUT2D eigenvalue weighted by atomic mass is 10.1. The highest BCUT2D eigenvalue weighted by Gasteiger charge is 2.31. The van der Waals surface area contributed by atoms with Gasteiger partial charge in [0.15, 0.2) is 18.1 Å². The summed E-state index contributed by atoms with van der Waals surface area (Å²) in [4.78, 5) is 12.3. The number of allylic oxidation sites excluding steroid dienone is 1. The van der Waals surface area contributed by atoms with Crippen LogP contribution >= 0.6 is 0 Å². The molecular weight excluding hydrogens is 415 g/mol. The highest BCUT2D eigenvalue weighted by molar-refractivity contribution is 5.93. The first-order chi connectivity index (χ1) is 14.8. The predicted molar refractivity (Wildman–Crippen MR) is 110 cm³/mol. The van der Waals surface area contributed by atoms with Gasteiger partial charge in [-0.2, -0.15) is 13.2 Å². The van der Waals surface area contributed by atoms with Crippen molar-refractivity contribution in [3.8, 4) is 17.2 Å². The molecule has 0 heterocycles. The van der Waals surface area contributed by atoms with Crippen LogP contribution in [0.2, 0.25) is 0 Å². The lowest BCUT2D eigenvalue weighted by Crippen LogP contribution is -2.21. The topological polar surface area (TPSA) is 66.0 Å². The van der Waals surface area contributed by atoms with Gasteiger partial charge in [0, 0.05) is 7.11 Å². The Labute approximate surface area is 178 Å². The fourth-order valence-corrected chi connectivity index (χ4v) is 2.62. The van der Waals surface area contributed by atoms with Crippen molar-refractivity contribution in [1.82, 2.24) is 0 Å². The number of amides is 1. The van der Waals surface area contributed by atoms with E-state index < -0.39 is 24.3 Å². The molecule has 1 amide bonds. The van der Waals surface area contributed by atoms with Crippen molar-refractivity contribution in [3.05, 3.63) is 60.2 Å². The molecule has 2 rings (SSSR count). The summed E-state index contributed by atoms with van der Waals surface area (Å²) < 4.78 is 60.2. The van der Waals surface area contributed by atoms with Crippen LogP contribution in [-0.2, 0) is 22.1 Å². The second kappa shape index (κ2) is 11.3. The van der Waals surface area contributed by atoms with Crippen LogP contribution in [0.15, 0.2) is 49.1 Å². The van der Waals surface area contributed by atoms with Crippen LogP contribution in [0, 0.1) is 0 Å². The van der Waals surface area contributed by atoms with E-state index in [1.807, 2.05) is 0 Å². The van der Waals surface area contributed by atoms with Gasteiger partial charge in [-0.05, 0) is 42.3 Å². The molecule has 2 aromatic rings. The van der Waals surface area contributed by atoms with Gasteiger partial charge >= 0.3 is 6.18 Å². The van der Waals surface area contributed by atoms with Gasteiger partial charge in [0.1, 0.15) is 12.4 Å². The summed E-state index contributed by atoms with van der Waals surface area (Å²) in [7, 11) is 2.93. The summed E-state index contributed by atoms with van der Waals surface area (Å²) >= 11 is 0. The summed E-state index contributed by atoms with van der Waals surface area (Å²) in [5.74, 6) is 0.179. The number of ether oxygens (including phenoxy) is 4. The molecule has 0 bridgehead atoms. The van der Waals surface area contributed by atoms with Gasteiger partial charge in [-0.15, -0.1) is 6.58 Å². The number of alkyl halides is 3. The summed E-state index contributed by atoms with van der Waals surface area (Å²) in [5, 5.41) is 2.41. The van der Waals surface area contributed by atoms with Crippen molar-refractivity contribution in [3.63, 3.8) is 0 Å². The minimum atomic E-state index is -4.57. The van der Waals surface area contributed by atoms with E-state index in [-0.39, 0.29) is 24.7 Å². The zero-order chi connectivity index (χ0) is 22.9. The first-order valence-electron chi connectivity index (χ1n) is 9.32. The maximum Gasteiger partial charge on any atom is 0.416 e. The van der Waals surface area contributed by atoms with E-state index in [1.54, 1.807) is 24.3 Å². The van der Waals surface area contributed by atoms with Gasteiger partial charge in [0.2, 0.25) is 0 Å². The van der Waals surface area contributed by atoms with Crippen LogP contribution in [0.25, 0.3) is 0 Å². The van der Waals surface area contributed by atoms with Crippen LogP contribution in [0.5, 0.6) is 17.2 Å². The summed E-state index contributed by atoms with van der Waals surface area (Å²) in [6, 6.07) is 8.04. The molecular formula is C22H24F3NO5. The molecule has 0 aliphatic rings. The molecule has 0 saturated heterocycles. The second-order valence-corrected chi connectivity index (χ2v) is 6.36. The number of hydrogen-bond donors (Lipinski definition) is 1. The molecule has 0 unspecified atom stereocenters. The van der Waals surface area contributed by atoms with Crippen molar-refractivity contribution in [2.24, 2.45) is 0 Å². The smallest absolute Gasteiger partial charge is 0.416 e. The van der Waals surface area contributed by atoms with Crippen LogP contribution in [0.3, 0.4) is 0 Å². The van der Waals surface area contributed by atoms with Gasteiger partial charge < -0.3 is 24.3 Å². The molecule has 0 aromatic heterocycles. The average molecular weight is 439 g/mol. The third-order valence-electron chi connectivity index (χ3n) is 4.09. The molecule has 9 heteroatoms. The number of halogens is 3. The first-order valence-corrected chi connectivity index (χ1v) is 9.32. The quantitative estimate of drug-likeness (QED) is 0.413. The fraction of sp³-hybridized carbons (Fsp3) is 0.318. The summed E-state index contributed by atoms with van der Waals surface area (Å²) in [6.45, 7) is 3.57. The average Bonchev–Trinajstić information content (AvgIpc) is 2.73. The number of methoxy groups -OCH3 is 2. The zero-order valence-electron chi connectivity index (χ0n) is 17.3. The number of carbonyl (C=O) groups excluding carboxylic acids is 1. The molecule has 0 fully saturated rings. The van der Waals surface area contributed by atoms with Crippen LogP contribution < -0.4 is 19.5 Å². The summed E-state index contributed by atoms with van der Waals surface area (Å²) in [6.07, 6.45) is -2.19. The van der Waals surface area contributed by atoms with Crippen LogP contribution in [0.4, 0.5) is 18.9 Å². The first kappa shape index (κ1) is 24.1. The van der Waals surface area contributed by atoms with Gasteiger partial charge in [0.25, 0.3) is 5.91 Å². The van der Waals surface area contributed by atoms with E-state index in [1.165, 1.54) is 14.2 Å². The molecule has 1 N–H and O–H groups in total. The van der Waals surface area contributed by atoms with Crippen LogP contribution in [0.1, 0.15) is 11.1 Å². The number of hydrogen-bond acceptors (Lipinski definition) is 5. The third-order valence-corrected chi connectivity index (χ3v) is 4.09. The number of carbonyl (C=O) groups is 1. The molecule has 0 radical (unpaired) electrons. The third kappa shape index (κ3) is 7.21. The minimum Gasteiger partial charge on any atom is -0.493 e. The van der Waals surface area contributed by atoms with Crippen molar-refractivity contribution < 1.29 is 36.9 Å². The van der Waals surface area contributed by atoms with E-state index in [0.29, 0.717) is 17.9 Å². The number of nitrogens with one attached hydrogen (secondary N) is 1. The Kier molecular flexibility index (Phi) is 8.75. The highest BCUT2D eigenvalue weighted by Crippen LogP contribution is 2.35. The lowest BCUT2D eigenvalue weighted by molar-refractivity contribution is -0.137. The van der Waals surface area contributed by atoms with Gasteiger partial charge in [0.05, 0.1) is 25.0 Å².